The number of aromatic nitrogens is 1. The smallest absolute Gasteiger partial charge is 0.240 e. The summed E-state index contributed by atoms with van der Waals surface area (Å²) in [6.07, 6.45) is 5.00. The molecule has 0 saturated carbocycles. The molecule has 0 aliphatic carbocycles. The Labute approximate surface area is 96.3 Å². The molecular weight excluding hydrogens is 202 g/mol. The highest BCUT2D eigenvalue weighted by molar-refractivity contribution is 5.85. The molecule has 1 rings (SSSR count). The molecule has 1 unspecified atom stereocenters. The monoisotopic (exact) mass is 221 g/mol. The summed E-state index contributed by atoms with van der Waals surface area (Å²) >= 11 is 0. The third-order valence-corrected chi connectivity index (χ3v) is 2.49. The second-order valence-corrected chi connectivity index (χ2v) is 4.21. The van der Waals surface area contributed by atoms with Gasteiger partial charge in [0.25, 0.3) is 0 Å². The molecule has 88 valence electrons. The molecule has 0 spiro atoms. The Hall–Kier alpha value is -1.42. The van der Waals surface area contributed by atoms with Crippen molar-refractivity contribution in [2.24, 2.45) is 5.73 Å². The maximum Gasteiger partial charge on any atom is 0.240 e. The van der Waals surface area contributed by atoms with Gasteiger partial charge in [0.15, 0.2) is 0 Å². The van der Waals surface area contributed by atoms with Gasteiger partial charge in [0.2, 0.25) is 5.91 Å². The Kier molecular flexibility index (Phi) is 4.43. The topological polar surface area (TPSA) is 68.0 Å². The molecule has 1 amide bonds. The number of carbonyl (C=O) groups is 1. The van der Waals surface area contributed by atoms with Gasteiger partial charge in [-0.3, -0.25) is 9.78 Å². The number of rotatable bonds is 5. The summed E-state index contributed by atoms with van der Waals surface area (Å²) in [7, 11) is 0. The number of nitrogens with two attached hydrogens (primary N) is 1. The van der Waals surface area contributed by atoms with E-state index in [2.05, 4.69) is 10.3 Å². The van der Waals surface area contributed by atoms with Gasteiger partial charge in [0, 0.05) is 18.9 Å². The second kappa shape index (κ2) is 5.61. The number of nitrogens with one attached hydrogen (secondary N) is 1. The third kappa shape index (κ3) is 3.62. The van der Waals surface area contributed by atoms with E-state index in [1.54, 1.807) is 19.3 Å². The van der Waals surface area contributed by atoms with Crippen LogP contribution in [0, 0.1) is 0 Å². The first-order valence-corrected chi connectivity index (χ1v) is 5.52. The molecule has 0 bridgehead atoms. The van der Waals surface area contributed by atoms with Crippen molar-refractivity contribution in [2.75, 3.05) is 0 Å². The van der Waals surface area contributed by atoms with Crippen LogP contribution in [0.2, 0.25) is 0 Å². The Morgan fingerprint density at radius 3 is 2.69 bits per heavy atom. The summed E-state index contributed by atoms with van der Waals surface area (Å²) in [5, 5.41) is 2.83. The van der Waals surface area contributed by atoms with Gasteiger partial charge in [0.05, 0.1) is 5.54 Å². The van der Waals surface area contributed by atoms with Crippen molar-refractivity contribution in [3.05, 3.63) is 30.1 Å². The van der Waals surface area contributed by atoms with Gasteiger partial charge in [-0.05, 0) is 31.0 Å². The molecule has 1 heterocycles. The fraction of sp³-hybridized carbons (Fsp3) is 0.500. The van der Waals surface area contributed by atoms with E-state index < -0.39 is 5.54 Å². The Balaban J connectivity index is 2.47. The molecule has 4 heteroatoms. The summed E-state index contributed by atoms with van der Waals surface area (Å²) in [6.45, 7) is 4.28. The van der Waals surface area contributed by atoms with Crippen LogP contribution in [-0.2, 0) is 11.3 Å². The van der Waals surface area contributed by atoms with Crippen LogP contribution in [0.5, 0.6) is 0 Å². The van der Waals surface area contributed by atoms with Crippen molar-refractivity contribution in [3.8, 4) is 0 Å². The van der Waals surface area contributed by atoms with Crippen molar-refractivity contribution < 1.29 is 4.79 Å². The molecule has 1 aromatic heterocycles. The molecule has 4 nitrogen and oxygen atoms in total. The molecule has 1 atom stereocenters. The lowest BCUT2D eigenvalue weighted by Crippen LogP contribution is -2.51. The summed E-state index contributed by atoms with van der Waals surface area (Å²) in [4.78, 5) is 15.7. The standard InChI is InChI=1S/C12H19N3O/c1-3-6-12(2,13)11(16)15-9-10-4-7-14-8-5-10/h4-5,7-8H,3,6,9,13H2,1-2H3,(H,15,16). The van der Waals surface area contributed by atoms with Crippen LogP contribution >= 0.6 is 0 Å². The highest BCUT2D eigenvalue weighted by Gasteiger charge is 2.26. The minimum atomic E-state index is -0.776. The fourth-order valence-corrected chi connectivity index (χ4v) is 1.52. The number of nitrogens with zero attached hydrogens (tertiary/aromatic N) is 1. The van der Waals surface area contributed by atoms with E-state index in [-0.39, 0.29) is 5.91 Å². The molecule has 16 heavy (non-hydrogen) atoms. The largest absolute Gasteiger partial charge is 0.350 e. The summed E-state index contributed by atoms with van der Waals surface area (Å²) in [5.74, 6) is -0.105. The van der Waals surface area contributed by atoms with E-state index in [1.807, 2.05) is 19.1 Å². The second-order valence-electron chi connectivity index (χ2n) is 4.21. The van der Waals surface area contributed by atoms with Gasteiger partial charge in [-0.25, -0.2) is 0 Å². The molecule has 0 saturated heterocycles. The summed E-state index contributed by atoms with van der Waals surface area (Å²) < 4.78 is 0. The number of pyridine rings is 1. The van der Waals surface area contributed by atoms with Gasteiger partial charge in [-0.15, -0.1) is 0 Å². The first-order chi connectivity index (χ1) is 7.56. The zero-order chi connectivity index (χ0) is 12.0. The zero-order valence-corrected chi connectivity index (χ0v) is 9.86. The number of amides is 1. The van der Waals surface area contributed by atoms with Crippen LogP contribution in [0.15, 0.2) is 24.5 Å². The first-order valence-electron chi connectivity index (χ1n) is 5.52. The summed E-state index contributed by atoms with van der Waals surface area (Å²) in [5.41, 5.74) is 6.16. The third-order valence-electron chi connectivity index (χ3n) is 2.49. The predicted molar refractivity (Wildman–Crippen MR) is 63.6 cm³/mol. The highest BCUT2D eigenvalue weighted by Crippen LogP contribution is 2.08. The van der Waals surface area contributed by atoms with Crippen molar-refractivity contribution in [2.45, 2.75) is 38.8 Å². The Morgan fingerprint density at radius 1 is 1.50 bits per heavy atom. The van der Waals surface area contributed by atoms with Crippen molar-refractivity contribution in [1.82, 2.24) is 10.3 Å². The average molecular weight is 221 g/mol. The maximum atomic E-state index is 11.8. The Morgan fingerprint density at radius 2 is 2.12 bits per heavy atom. The van der Waals surface area contributed by atoms with Crippen molar-refractivity contribution in [3.63, 3.8) is 0 Å². The van der Waals surface area contributed by atoms with Crippen LogP contribution in [-0.4, -0.2) is 16.4 Å². The van der Waals surface area contributed by atoms with Crippen LogP contribution < -0.4 is 11.1 Å². The van der Waals surface area contributed by atoms with Crippen LogP contribution in [0.1, 0.15) is 32.3 Å². The van der Waals surface area contributed by atoms with E-state index in [0.717, 1.165) is 12.0 Å². The van der Waals surface area contributed by atoms with Crippen LogP contribution in [0.25, 0.3) is 0 Å². The molecule has 1 aromatic rings. The van der Waals surface area contributed by atoms with E-state index >= 15 is 0 Å². The predicted octanol–water partition coefficient (Wildman–Crippen LogP) is 1.22. The minimum absolute atomic E-state index is 0.105. The molecule has 3 N–H and O–H groups in total. The molecule has 0 aromatic carbocycles. The van der Waals surface area contributed by atoms with E-state index in [4.69, 9.17) is 5.73 Å². The quantitative estimate of drug-likeness (QED) is 0.785. The maximum absolute atomic E-state index is 11.8. The minimum Gasteiger partial charge on any atom is -0.350 e. The van der Waals surface area contributed by atoms with Gasteiger partial charge >= 0.3 is 0 Å². The summed E-state index contributed by atoms with van der Waals surface area (Å²) in [6, 6.07) is 3.74. The van der Waals surface area contributed by atoms with Crippen molar-refractivity contribution in [1.29, 1.82) is 0 Å². The van der Waals surface area contributed by atoms with Crippen LogP contribution in [0.4, 0.5) is 0 Å². The van der Waals surface area contributed by atoms with Gasteiger partial charge in [-0.2, -0.15) is 0 Å². The lowest BCUT2D eigenvalue weighted by Gasteiger charge is -2.22. The lowest BCUT2D eigenvalue weighted by atomic mass is 9.96. The molecule has 0 aliphatic heterocycles. The van der Waals surface area contributed by atoms with Gasteiger partial charge in [-0.1, -0.05) is 13.3 Å². The Bertz CT molecular complexity index is 335. The van der Waals surface area contributed by atoms with Gasteiger partial charge < -0.3 is 11.1 Å². The highest BCUT2D eigenvalue weighted by atomic mass is 16.2. The van der Waals surface area contributed by atoms with Crippen LogP contribution in [0.3, 0.4) is 0 Å². The lowest BCUT2D eigenvalue weighted by molar-refractivity contribution is -0.126. The first kappa shape index (κ1) is 12.6. The fourth-order valence-electron chi connectivity index (χ4n) is 1.52. The normalized spacial score (nSPS) is 14.2. The van der Waals surface area contributed by atoms with Gasteiger partial charge in [0.1, 0.15) is 0 Å². The number of hydrogen-bond donors (Lipinski definition) is 2. The molecule has 0 fully saturated rings. The molecule has 0 radical (unpaired) electrons. The zero-order valence-electron chi connectivity index (χ0n) is 9.86. The molecular formula is C12H19N3O. The SMILES string of the molecule is CCCC(C)(N)C(=O)NCc1ccncc1. The number of hydrogen-bond acceptors (Lipinski definition) is 3. The number of carbonyl (C=O) groups excluding carboxylic acids is 1. The average Bonchev–Trinajstić information content (AvgIpc) is 2.27. The van der Waals surface area contributed by atoms with E-state index in [1.165, 1.54) is 0 Å². The van der Waals surface area contributed by atoms with Crippen molar-refractivity contribution >= 4 is 5.91 Å². The molecule has 0 aliphatic rings. The van der Waals surface area contributed by atoms with E-state index in [0.29, 0.717) is 13.0 Å². The van der Waals surface area contributed by atoms with E-state index in [9.17, 15) is 4.79 Å².